The van der Waals surface area contributed by atoms with E-state index in [4.69, 9.17) is 9.47 Å². The third-order valence-corrected chi connectivity index (χ3v) is 4.76. The number of aliphatic hydroxyl groups is 1. The average molecular weight is 363 g/mol. The summed E-state index contributed by atoms with van der Waals surface area (Å²) in [5.74, 6) is 0. The summed E-state index contributed by atoms with van der Waals surface area (Å²) >= 11 is 0. The normalized spacial score (nSPS) is 17.7. The Kier molecular flexibility index (Phi) is 7.47. The summed E-state index contributed by atoms with van der Waals surface area (Å²) in [4.78, 5) is 12.0. The molecule has 0 aliphatic heterocycles. The van der Waals surface area contributed by atoms with Crippen LogP contribution < -0.4 is 5.32 Å². The van der Waals surface area contributed by atoms with Gasteiger partial charge in [0, 0.05) is 6.54 Å². The van der Waals surface area contributed by atoms with Crippen LogP contribution >= 0.6 is 0 Å². The maximum Gasteiger partial charge on any atom is 0.407 e. The fourth-order valence-electron chi connectivity index (χ4n) is 3.60. The Labute approximate surface area is 157 Å². The summed E-state index contributed by atoms with van der Waals surface area (Å²) in [6, 6.07) is 9.95. The molecule has 1 aromatic rings. The van der Waals surface area contributed by atoms with Gasteiger partial charge in [-0.05, 0) is 51.0 Å². The summed E-state index contributed by atoms with van der Waals surface area (Å²) < 4.78 is 11.0. The molecule has 1 unspecified atom stereocenters. The van der Waals surface area contributed by atoms with Gasteiger partial charge in [-0.25, -0.2) is 4.79 Å². The molecular formula is C21H33NO4. The van der Waals surface area contributed by atoms with Crippen LogP contribution in [0.1, 0.15) is 58.4 Å². The monoisotopic (exact) mass is 363 g/mol. The van der Waals surface area contributed by atoms with Crippen molar-refractivity contribution in [2.75, 3.05) is 13.2 Å². The number of carbonyl (C=O) groups excluding carboxylic acids is 1. The lowest BCUT2D eigenvalue weighted by Gasteiger charge is -2.32. The summed E-state index contributed by atoms with van der Waals surface area (Å²) in [6.45, 7) is 6.91. The van der Waals surface area contributed by atoms with Crippen LogP contribution in [0.25, 0.3) is 0 Å². The molecule has 26 heavy (non-hydrogen) atoms. The fraction of sp³-hybridized carbons (Fsp3) is 0.667. The van der Waals surface area contributed by atoms with Crippen LogP contribution in [0.4, 0.5) is 4.79 Å². The van der Waals surface area contributed by atoms with Gasteiger partial charge >= 0.3 is 6.09 Å². The largest absolute Gasteiger partial charge is 0.444 e. The molecular weight excluding hydrogens is 330 g/mol. The molecule has 1 amide bonds. The van der Waals surface area contributed by atoms with Crippen molar-refractivity contribution in [3.63, 3.8) is 0 Å². The summed E-state index contributed by atoms with van der Waals surface area (Å²) in [7, 11) is 0. The number of rotatable bonds is 8. The van der Waals surface area contributed by atoms with E-state index in [0.717, 1.165) is 31.2 Å². The van der Waals surface area contributed by atoms with Crippen molar-refractivity contribution >= 4 is 6.09 Å². The molecule has 0 saturated heterocycles. The Morgan fingerprint density at radius 1 is 1.23 bits per heavy atom. The molecule has 1 fully saturated rings. The first-order valence-corrected chi connectivity index (χ1v) is 9.55. The van der Waals surface area contributed by atoms with Gasteiger partial charge in [-0.15, -0.1) is 0 Å². The van der Waals surface area contributed by atoms with Crippen molar-refractivity contribution < 1.29 is 19.4 Å². The molecule has 2 rings (SSSR count). The molecule has 0 spiro atoms. The number of benzene rings is 1. The minimum atomic E-state index is -0.530. The molecule has 1 aromatic carbocycles. The Morgan fingerprint density at radius 2 is 1.88 bits per heavy atom. The average Bonchev–Trinajstić information content (AvgIpc) is 3.01. The van der Waals surface area contributed by atoms with Crippen LogP contribution in [0, 0.1) is 5.41 Å². The number of hydrogen-bond donors (Lipinski definition) is 2. The van der Waals surface area contributed by atoms with Crippen molar-refractivity contribution in [1.29, 1.82) is 0 Å². The zero-order valence-corrected chi connectivity index (χ0v) is 16.3. The summed E-state index contributed by atoms with van der Waals surface area (Å²) in [5.41, 5.74) is 0.534. The second-order valence-electron chi connectivity index (χ2n) is 8.42. The number of hydrogen-bond acceptors (Lipinski definition) is 4. The Balaban J connectivity index is 1.77. The van der Waals surface area contributed by atoms with Gasteiger partial charge in [0.25, 0.3) is 0 Å². The van der Waals surface area contributed by atoms with E-state index in [1.807, 2.05) is 51.1 Å². The standard InChI is InChI=1S/C21H33NO4/c1-20(2,3)26-19(24)22-16-21(11-7-8-12-21)13-18(23)15-25-14-17-9-5-4-6-10-17/h4-6,9-10,18,23H,7-8,11-16H2,1-3H3,(H,22,24). The number of alkyl carbamates (subject to hydrolysis) is 1. The predicted molar refractivity (Wildman–Crippen MR) is 102 cm³/mol. The molecule has 1 aliphatic rings. The number of ether oxygens (including phenoxy) is 2. The molecule has 0 aromatic heterocycles. The van der Waals surface area contributed by atoms with Gasteiger partial charge in [0.15, 0.2) is 0 Å². The lowest BCUT2D eigenvalue weighted by molar-refractivity contribution is 0.000774. The van der Waals surface area contributed by atoms with Crippen molar-refractivity contribution in [2.24, 2.45) is 5.41 Å². The third kappa shape index (κ3) is 7.34. The molecule has 5 nitrogen and oxygen atoms in total. The third-order valence-electron chi connectivity index (χ3n) is 4.76. The van der Waals surface area contributed by atoms with E-state index in [9.17, 15) is 9.90 Å². The van der Waals surface area contributed by atoms with E-state index in [1.54, 1.807) is 0 Å². The summed E-state index contributed by atoms with van der Waals surface area (Å²) in [6.07, 6.45) is 4.01. The first kappa shape index (κ1) is 20.7. The Morgan fingerprint density at radius 3 is 2.50 bits per heavy atom. The van der Waals surface area contributed by atoms with Crippen LogP contribution in [0.15, 0.2) is 30.3 Å². The SMILES string of the molecule is CC(C)(C)OC(=O)NCC1(CC(O)COCc2ccccc2)CCCC1. The molecule has 0 bridgehead atoms. The van der Waals surface area contributed by atoms with Crippen molar-refractivity contribution in [1.82, 2.24) is 5.32 Å². The molecule has 1 aliphatic carbocycles. The molecule has 0 heterocycles. The zero-order valence-electron chi connectivity index (χ0n) is 16.3. The van der Waals surface area contributed by atoms with Crippen LogP contribution in [-0.2, 0) is 16.1 Å². The number of nitrogens with one attached hydrogen (secondary N) is 1. The van der Waals surface area contributed by atoms with E-state index in [2.05, 4.69) is 5.32 Å². The highest BCUT2D eigenvalue weighted by molar-refractivity contribution is 5.67. The molecule has 5 heteroatoms. The fourth-order valence-corrected chi connectivity index (χ4v) is 3.60. The maximum atomic E-state index is 12.0. The van der Waals surface area contributed by atoms with Gasteiger partial charge in [-0.1, -0.05) is 43.2 Å². The molecule has 1 saturated carbocycles. The van der Waals surface area contributed by atoms with Crippen LogP contribution in [-0.4, -0.2) is 36.1 Å². The maximum absolute atomic E-state index is 12.0. The van der Waals surface area contributed by atoms with E-state index in [1.165, 1.54) is 0 Å². The number of amides is 1. The highest BCUT2D eigenvalue weighted by Crippen LogP contribution is 2.41. The Hall–Kier alpha value is -1.59. The van der Waals surface area contributed by atoms with E-state index >= 15 is 0 Å². The minimum absolute atomic E-state index is 0.0631. The summed E-state index contributed by atoms with van der Waals surface area (Å²) in [5, 5.41) is 13.3. The van der Waals surface area contributed by atoms with Gasteiger partial charge in [-0.3, -0.25) is 0 Å². The number of carbonyl (C=O) groups is 1. The van der Waals surface area contributed by atoms with Crippen molar-refractivity contribution in [3.05, 3.63) is 35.9 Å². The van der Waals surface area contributed by atoms with E-state index in [0.29, 0.717) is 26.2 Å². The first-order chi connectivity index (χ1) is 12.3. The quantitative estimate of drug-likeness (QED) is 0.731. The first-order valence-electron chi connectivity index (χ1n) is 9.55. The number of aliphatic hydroxyl groups excluding tert-OH is 1. The van der Waals surface area contributed by atoms with Gasteiger partial charge in [-0.2, -0.15) is 0 Å². The van der Waals surface area contributed by atoms with Crippen LogP contribution in [0.2, 0.25) is 0 Å². The molecule has 146 valence electrons. The molecule has 2 N–H and O–H groups in total. The second kappa shape index (κ2) is 9.38. The van der Waals surface area contributed by atoms with E-state index < -0.39 is 17.8 Å². The topological polar surface area (TPSA) is 67.8 Å². The molecule has 0 radical (unpaired) electrons. The predicted octanol–water partition coefficient (Wildman–Crippen LogP) is 4.04. The van der Waals surface area contributed by atoms with Crippen molar-refractivity contribution in [2.45, 2.75) is 71.2 Å². The van der Waals surface area contributed by atoms with Crippen molar-refractivity contribution in [3.8, 4) is 0 Å². The smallest absolute Gasteiger partial charge is 0.407 e. The Bertz CT molecular complexity index is 547. The molecule has 1 atom stereocenters. The van der Waals surface area contributed by atoms with Crippen LogP contribution in [0.3, 0.4) is 0 Å². The zero-order chi connectivity index (χ0) is 19.0. The van der Waals surface area contributed by atoms with Gasteiger partial charge in [0.1, 0.15) is 5.60 Å². The van der Waals surface area contributed by atoms with Gasteiger partial charge in [0.2, 0.25) is 0 Å². The minimum Gasteiger partial charge on any atom is -0.444 e. The highest BCUT2D eigenvalue weighted by Gasteiger charge is 2.36. The van der Waals surface area contributed by atoms with Gasteiger partial charge < -0.3 is 19.9 Å². The lowest BCUT2D eigenvalue weighted by atomic mass is 9.80. The van der Waals surface area contributed by atoms with Gasteiger partial charge in [0.05, 0.1) is 19.3 Å². The highest BCUT2D eigenvalue weighted by atomic mass is 16.6. The second-order valence-corrected chi connectivity index (χ2v) is 8.42. The van der Waals surface area contributed by atoms with Crippen LogP contribution in [0.5, 0.6) is 0 Å². The van der Waals surface area contributed by atoms with E-state index in [-0.39, 0.29) is 5.41 Å². The lowest BCUT2D eigenvalue weighted by Crippen LogP contribution is -2.41.